The highest BCUT2D eigenvalue weighted by atomic mass is 127. The molecule has 1 saturated carbocycles. The van der Waals surface area contributed by atoms with Gasteiger partial charge >= 0.3 is 6.03 Å². The van der Waals surface area contributed by atoms with Gasteiger partial charge < -0.3 is 25.6 Å². The highest BCUT2D eigenvalue weighted by molar-refractivity contribution is 14.0. The molecule has 1 aromatic carbocycles. The van der Waals surface area contributed by atoms with Crippen LogP contribution in [0.15, 0.2) is 29.3 Å². The second kappa shape index (κ2) is 14.5. The van der Waals surface area contributed by atoms with E-state index in [1.54, 1.807) is 7.05 Å². The lowest BCUT2D eigenvalue weighted by Crippen LogP contribution is -2.39. The molecule has 31 heavy (non-hydrogen) atoms. The van der Waals surface area contributed by atoms with Gasteiger partial charge in [0.15, 0.2) is 5.96 Å². The molecule has 0 spiro atoms. The van der Waals surface area contributed by atoms with Crippen LogP contribution in [0.25, 0.3) is 0 Å². The van der Waals surface area contributed by atoms with E-state index < -0.39 is 0 Å². The van der Waals surface area contributed by atoms with E-state index in [1.165, 1.54) is 38.5 Å². The second-order valence-corrected chi connectivity index (χ2v) is 8.16. The number of anilines is 1. The maximum atomic E-state index is 12.3. The van der Waals surface area contributed by atoms with Gasteiger partial charge in [-0.3, -0.25) is 4.99 Å². The van der Waals surface area contributed by atoms with Crippen molar-refractivity contribution in [3.8, 4) is 0 Å². The van der Waals surface area contributed by atoms with Crippen LogP contribution in [0.3, 0.4) is 0 Å². The second-order valence-electron chi connectivity index (χ2n) is 8.16. The van der Waals surface area contributed by atoms with Gasteiger partial charge in [0.05, 0.1) is 12.7 Å². The van der Waals surface area contributed by atoms with Crippen molar-refractivity contribution in [2.75, 3.05) is 38.6 Å². The molecule has 174 valence electrons. The minimum absolute atomic E-state index is 0. The molecule has 1 aliphatic carbocycles. The van der Waals surface area contributed by atoms with Gasteiger partial charge in [0.1, 0.15) is 0 Å². The summed E-state index contributed by atoms with van der Waals surface area (Å²) in [5, 5.41) is 9.65. The van der Waals surface area contributed by atoms with E-state index in [-0.39, 0.29) is 30.0 Å². The Labute approximate surface area is 203 Å². The molecule has 0 bridgehead atoms. The summed E-state index contributed by atoms with van der Waals surface area (Å²) in [5.74, 6) is 0.756. The number of ether oxygens (including phenoxy) is 1. The van der Waals surface area contributed by atoms with Gasteiger partial charge in [0.2, 0.25) is 0 Å². The van der Waals surface area contributed by atoms with Gasteiger partial charge in [-0.15, -0.1) is 24.0 Å². The summed E-state index contributed by atoms with van der Waals surface area (Å²) in [5.41, 5.74) is 1.91. The molecule has 1 aromatic rings. The van der Waals surface area contributed by atoms with Crippen molar-refractivity contribution in [3.63, 3.8) is 0 Å². The number of carbonyl (C=O) groups excluding carboxylic acids is 1. The number of amides is 2. The molecule has 3 N–H and O–H groups in total. The van der Waals surface area contributed by atoms with Crippen LogP contribution in [0.5, 0.6) is 0 Å². The van der Waals surface area contributed by atoms with Crippen LogP contribution < -0.4 is 16.0 Å². The lowest BCUT2D eigenvalue weighted by atomic mass is 10.1. The third-order valence-corrected chi connectivity index (χ3v) is 5.81. The van der Waals surface area contributed by atoms with E-state index in [0.29, 0.717) is 19.3 Å². The predicted octanol–water partition coefficient (Wildman–Crippen LogP) is 4.34. The summed E-state index contributed by atoms with van der Waals surface area (Å²) in [4.78, 5) is 18.4. The predicted molar refractivity (Wildman–Crippen MR) is 137 cm³/mol. The summed E-state index contributed by atoms with van der Waals surface area (Å²) in [7, 11) is 1.77. The number of benzene rings is 1. The normalized spacial score (nSPS) is 17.6. The minimum atomic E-state index is -0.0104. The van der Waals surface area contributed by atoms with Crippen LogP contribution in [0.1, 0.15) is 56.9 Å². The Balaban J connectivity index is 0.00000341. The summed E-state index contributed by atoms with van der Waals surface area (Å²) in [6, 6.07) is 7.93. The van der Waals surface area contributed by atoms with E-state index in [1.807, 2.05) is 29.2 Å². The quantitative estimate of drug-likeness (QED) is 0.157. The number of aliphatic imine (C=N–C) groups is 1. The standard InChI is InChI=1S/C23H37N5O2.HI/c1-24-22(25-13-16-30-21-11-4-2-3-5-12-21)26-18-19-9-8-10-20(17-19)27-23(29)28-14-6-7-15-28;/h8-10,17,21H,2-7,11-16,18H2,1H3,(H,27,29)(H2,24,25,26);1H. The smallest absolute Gasteiger partial charge is 0.321 e. The van der Waals surface area contributed by atoms with Crippen molar-refractivity contribution >= 4 is 41.7 Å². The first-order valence-corrected chi connectivity index (χ1v) is 11.5. The lowest BCUT2D eigenvalue weighted by Gasteiger charge is -2.17. The number of hydrogen-bond donors (Lipinski definition) is 3. The van der Waals surface area contributed by atoms with Crippen molar-refractivity contribution in [3.05, 3.63) is 29.8 Å². The van der Waals surface area contributed by atoms with Crippen LogP contribution >= 0.6 is 24.0 Å². The molecule has 2 fully saturated rings. The summed E-state index contributed by atoms with van der Waals surface area (Å²) in [6.45, 7) is 3.77. The van der Waals surface area contributed by atoms with Gasteiger partial charge in [-0.05, 0) is 43.4 Å². The Morgan fingerprint density at radius 1 is 1.10 bits per heavy atom. The van der Waals surface area contributed by atoms with Crippen molar-refractivity contribution in [1.29, 1.82) is 0 Å². The number of nitrogens with zero attached hydrogens (tertiary/aromatic N) is 2. The first-order valence-electron chi connectivity index (χ1n) is 11.5. The number of rotatable bonds is 7. The third kappa shape index (κ3) is 9.22. The van der Waals surface area contributed by atoms with Gasteiger partial charge in [0.25, 0.3) is 0 Å². The Hall–Kier alpha value is -1.55. The molecule has 2 amide bonds. The zero-order valence-corrected chi connectivity index (χ0v) is 21.0. The van der Waals surface area contributed by atoms with E-state index in [2.05, 4.69) is 20.9 Å². The van der Waals surface area contributed by atoms with Gasteiger partial charge in [-0.25, -0.2) is 4.79 Å². The van der Waals surface area contributed by atoms with Crippen LogP contribution in [-0.2, 0) is 11.3 Å². The van der Waals surface area contributed by atoms with E-state index in [9.17, 15) is 4.79 Å². The maximum Gasteiger partial charge on any atom is 0.321 e. The molecule has 2 aliphatic rings. The molecular weight excluding hydrogens is 505 g/mol. The maximum absolute atomic E-state index is 12.3. The molecule has 0 atom stereocenters. The van der Waals surface area contributed by atoms with Gasteiger partial charge in [-0.1, -0.05) is 37.8 Å². The summed E-state index contributed by atoms with van der Waals surface area (Å²) in [6.07, 6.45) is 10.3. The average Bonchev–Trinajstić information content (AvgIpc) is 3.18. The third-order valence-electron chi connectivity index (χ3n) is 5.81. The van der Waals surface area contributed by atoms with Crippen molar-refractivity contribution in [1.82, 2.24) is 15.5 Å². The van der Waals surface area contributed by atoms with Crippen molar-refractivity contribution in [2.45, 2.75) is 64.0 Å². The topological polar surface area (TPSA) is 78.0 Å². The van der Waals surface area contributed by atoms with Crippen molar-refractivity contribution < 1.29 is 9.53 Å². The van der Waals surface area contributed by atoms with Crippen LogP contribution in [0, 0.1) is 0 Å². The van der Waals surface area contributed by atoms with Crippen LogP contribution in [-0.4, -0.2) is 56.3 Å². The molecule has 0 unspecified atom stereocenters. The molecule has 1 aliphatic heterocycles. The SMILES string of the molecule is CN=C(NCCOC1CCCCCC1)NCc1cccc(NC(=O)N2CCCC2)c1.I. The average molecular weight is 543 g/mol. The van der Waals surface area contributed by atoms with E-state index in [0.717, 1.165) is 49.7 Å². The number of halogens is 1. The largest absolute Gasteiger partial charge is 0.376 e. The Kier molecular flexibility index (Phi) is 12.0. The van der Waals surface area contributed by atoms with Crippen LogP contribution in [0.4, 0.5) is 10.5 Å². The zero-order valence-electron chi connectivity index (χ0n) is 18.7. The molecule has 7 nitrogen and oxygen atoms in total. The van der Waals surface area contributed by atoms with Gasteiger partial charge in [-0.2, -0.15) is 0 Å². The number of likely N-dealkylation sites (tertiary alicyclic amines) is 1. The number of guanidine groups is 1. The highest BCUT2D eigenvalue weighted by Gasteiger charge is 2.17. The van der Waals surface area contributed by atoms with E-state index >= 15 is 0 Å². The Morgan fingerprint density at radius 3 is 2.55 bits per heavy atom. The fourth-order valence-corrected chi connectivity index (χ4v) is 4.09. The lowest BCUT2D eigenvalue weighted by molar-refractivity contribution is 0.0468. The number of hydrogen-bond acceptors (Lipinski definition) is 3. The van der Waals surface area contributed by atoms with Gasteiger partial charge in [0, 0.05) is 38.9 Å². The minimum Gasteiger partial charge on any atom is -0.376 e. The molecule has 0 aromatic heterocycles. The molecule has 1 heterocycles. The molecule has 8 heteroatoms. The zero-order chi connectivity index (χ0) is 21.0. The van der Waals surface area contributed by atoms with Crippen molar-refractivity contribution in [2.24, 2.45) is 4.99 Å². The highest BCUT2D eigenvalue weighted by Crippen LogP contribution is 2.19. The van der Waals surface area contributed by atoms with Crippen LogP contribution in [0.2, 0.25) is 0 Å². The fourth-order valence-electron chi connectivity index (χ4n) is 4.09. The fraction of sp³-hybridized carbons (Fsp3) is 0.652. The monoisotopic (exact) mass is 543 g/mol. The number of nitrogens with one attached hydrogen (secondary N) is 3. The summed E-state index contributed by atoms with van der Waals surface area (Å²) >= 11 is 0. The van der Waals surface area contributed by atoms with E-state index in [4.69, 9.17) is 4.74 Å². The Bertz CT molecular complexity index is 686. The first kappa shape index (κ1) is 25.7. The number of carbonyl (C=O) groups is 1. The molecular formula is C23H38IN5O2. The number of urea groups is 1. The summed E-state index contributed by atoms with van der Waals surface area (Å²) < 4.78 is 6.03. The first-order chi connectivity index (χ1) is 14.7. The molecule has 3 rings (SSSR count). The molecule has 1 saturated heterocycles. The Morgan fingerprint density at radius 2 is 1.84 bits per heavy atom. The molecule has 0 radical (unpaired) electrons.